The Morgan fingerprint density at radius 1 is 0.838 bits per heavy atom. The first kappa shape index (κ1) is 32.1. The van der Waals surface area contributed by atoms with Gasteiger partial charge in [-0.3, -0.25) is 19.2 Å². The topological polar surface area (TPSA) is 128 Å². The van der Waals surface area contributed by atoms with Crippen LogP contribution in [0.2, 0.25) is 0 Å². The van der Waals surface area contributed by atoms with E-state index in [9.17, 15) is 24.3 Å². The summed E-state index contributed by atoms with van der Waals surface area (Å²) >= 11 is 0. The minimum absolute atomic E-state index is 0.0678. The van der Waals surface area contributed by atoms with Gasteiger partial charge in [-0.15, -0.1) is 0 Å². The smallest absolute Gasteiger partial charge is 0.321 e. The predicted molar refractivity (Wildman–Crippen MR) is 139 cm³/mol. The first-order valence-electron chi connectivity index (χ1n) is 13.0. The second-order valence-corrected chi connectivity index (χ2v) is 10.5. The second kappa shape index (κ2) is 16.0. The molecule has 0 fully saturated rings. The molecule has 0 saturated heterocycles. The minimum atomic E-state index is -1.08. The van der Waals surface area contributed by atoms with Crippen molar-refractivity contribution < 1.29 is 38.5 Å². The molecule has 0 aliphatic rings. The van der Waals surface area contributed by atoms with Crippen molar-refractivity contribution in [3.8, 4) is 11.5 Å². The molecule has 1 aromatic carbocycles. The predicted octanol–water partition coefficient (Wildman–Crippen LogP) is 4.54. The van der Waals surface area contributed by atoms with Gasteiger partial charge in [-0.2, -0.15) is 0 Å². The Balaban J connectivity index is 3.01. The largest absolute Gasteiger partial charge is 0.480 e. The van der Waals surface area contributed by atoms with Crippen molar-refractivity contribution in [3.05, 3.63) is 23.8 Å². The van der Waals surface area contributed by atoms with Gasteiger partial charge >= 0.3 is 23.9 Å². The molecule has 0 aliphatic heterocycles. The van der Waals surface area contributed by atoms with Crippen molar-refractivity contribution in [1.82, 2.24) is 5.32 Å². The van der Waals surface area contributed by atoms with Gasteiger partial charge in [0.15, 0.2) is 11.5 Å². The Morgan fingerprint density at radius 3 is 1.86 bits per heavy atom. The Labute approximate surface area is 220 Å². The minimum Gasteiger partial charge on any atom is -0.480 e. The van der Waals surface area contributed by atoms with Gasteiger partial charge in [0.05, 0.1) is 5.92 Å². The van der Waals surface area contributed by atoms with Crippen molar-refractivity contribution in [2.75, 3.05) is 6.54 Å². The van der Waals surface area contributed by atoms with Crippen LogP contribution in [0.4, 0.5) is 0 Å². The molecule has 1 unspecified atom stereocenters. The fourth-order valence-electron chi connectivity index (χ4n) is 3.17. The maximum Gasteiger partial charge on any atom is 0.321 e. The van der Waals surface area contributed by atoms with Crippen molar-refractivity contribution in [3.63, 3.8) is 0 Å². The zero-order valence-corrected chi connectivity index (χ0v) is 23.2. The van der Waals surface area contributed by atoms with E-state index >= 15 is 0 Å². The van der Waals surface area contributed by atoms with E-state index in [1.165, 1.54) is 12.1 Å². The lowest BCUT2D eigenvalue weighted by molar-refractivity contribution is -0.152. The van der Waals surface area contributed by atoms with Gasteiger partial charge < -0.3 is 24.6 Å². The summed E-state index contributed by atoms with van der Waals surface area (Å²) < 4.78 is 16.3. The highest BCUT2D eigenvalue weighted by molar-refractivity contribution is 5.77. The number of benzene rings is 1. The molecule has 2 atom stereocenters. The average molecular weight is 522 g/mol. The molecule has 0 bridgehead atoms. The Kier molecular flexibility index (Phi) is 13.9. The van der Waals surface area contributed by atoms with E-state index in [1.54, 1.807) is 26.8 Å². The van der Waals surface area contributed by atoms with Gasteiger partial charge in [-0.1, -0.05) is 47.6 Å². The molecule has 0 amide bonds. The van der Waals surface area contributed by atoms with Gasteiger partial charge in [0.25, 0.3) is 0 Å². The zero-order valence-electron chi connectivity index (χ0n) is 23.2. The van der Waals surface area contributed by atoms with Crippen molar-refractivity contribution in [2.24, 2.45) is 17.8 Å². The van der Waals surface area contributed by atoms with E-state index in [0.29, 0.717) is 30.2 Å². The number of esters is 3. The molecule has 0 saturated carbocycles. The number of carboxylic acids is 1. The normalized spacial score (nSPS) is 12.9. The fourth-order valence-corrected chi connectivity index (χ4v) is 3.17. The molecule has 9 heteroatoms. The van der Waals surface area contributed by atoms with Crippen LogP contribution in [0, 0.1) is 17.8 Å². The molecule has 1 aromatic rings. The number of nitrogens with one attached hydrogen (secondary N) is 1. The van der Waals surface area contributed by atoms with Crippen LogP contribution in [0.15, 0.2) is 18.2 Å². The molecule has 0 aromatic heterocycles. The zero-order chi connectivity index (χ0) is 28.1. The van der Waals surface area contributed by atoms with Gasteiger partial charge in [-0.05, 0) is 55.7 Å². The van der Waals surface area contributed by atoms with Crippen molar-refractivity contribution in [1.29, 1.82) is 0 Å². The van der Waals surface area contributed by atoms with Crippen LogP contribution >= 0.6 is 0 Å². The maximum atomic E-state index is 12.4. The number of carbonyl (C=O) groups excluding carboxylic acids is 3. The van der Waals surface area contributed by atoms with Crippen molar-refractivity contribution >= 4 is 23.9 Å². The number of hydrogen-bond donors (Lipinski definition) is 2. The summed E-state index contributed by atoms with van der Waals surface area (Å²) in [5.74, 6) is -1.77. The lowest BCUT2D eigenvalue weighted by Crippen LogP contribution is -2.43. The molecule has 0 heterocycles. The SMILES string of the molecule is CC(C)CCC(=O)Oc1ccc(C[C@H](NCC(C)OC(=O)C(C)C)C(=O)O)cc1OC(=O)CCC(C)C. The highest BCUT2D eigenvalue weighted by Crippen LogP contribution is 2.30. The van der Waals surface area contributed by atoms with Gasteiger partial charge in [0.1, 0.15) is 12.1 Å². The summed E-state index contributed by atoms with van der Waals surface area (Å²) in [6.45, 7) is 13.3. The highest BCUT2D eigenvalue weighted by atomic mass is 16.6. The summed E-state index contributed by atoms with van der Waals surface area (Å²) in [5, 5.41) is 12.6. The monoisotopic (exact) mass is 521 g/mol. The average Bonchev–Trinajstić information content (AvgIpc) is 2.80. The van der Waals surface area contributed by atoms with E-state index < -0.39 is 30.1 Å². The molecule has 0 radical (unpaired) electrons. The van der Waals surface area contributed by atoms with Gasteiger partial charge in [0, 0.05) is 19.4 Å². The number of carboxylic acid groups (broad SMARTS) is 1. The van der Waals surface area contributed by atoms with E-state index in [1.807, 2.05) is 27.7 Å². The Bertz CT molecular complexity index is 909. The van der Waals surface area contributed by atoms with Crippen LogP contribution in [0.1, 0.15) is 79.7 Å². The summed E-state index contributed by atoms with van der Waals surface area (Å²) in [5.41, 5.74) is 0.570. The number of ether oxygens (including phenoxy) is 3. The third-order valence-electron chi connectivity index (χ3n) is 5.49. The van der Waals surface area contributed by atoms with Gasteiger partial charge in [0.2, 0.25) is 0 Å². The molecular formula is C28H43NO8. The number of aliphatic carboxylic acids is 1. The van der Waals surface area contributed by atoms with E-state index in [2.05, 4.69) is 5.32 Å². The second-order valence-electron chi connectivity index (χ2n) is 10.5. The van der Waals surface area contributed by atoms with Crippen LogP contribution in [0.25, 0.3) is 0 Å². The van der Waals surface area contributed by atoms with Gasteiger partial charge in [-0.25, -0.2) is 0 Å². The third-order valence-corrected chi connectivity index (χ3v) is 5.49. The van der Waals surface area contributed by atoms with E-state index in [0.717, 1.165) is 0 Å². The molecule has 9 nitrogen and oxygen atoms in total. The first-order valence-corrected chi connectivity index (χ1v) is 13.0. The van der Waals surface area contributed by atoms with Crippen LogP contribution in [0.3, 0.4) is 0 Å². The number of rotatable bonds is 16. The quantitative estimate of drug-likeness (QED) is 0.238. The van der Waals surface area contributed by atoms with Crippen molar-refractivity contribution in [2.45, 2.75) is 92.7 Å². The molecule has 1 rings (SSSR count). The molecule has 2 N–H and O–H groups in total. The van der Waals surface area contributed by atoms with Crippen LogP contribution < -0.4 is 14.8 Å². The standard InChI is InChI=1S/C28H43NO8/c1-17(2)8-12-25(30)36-23-11-10-21(15-24(23)37-26(31)13-9-18(3)4)14-22(27(32)33)29-16-20(7)35-28(34)19(5)6/h10-11,15,17-20,22,29H,8-9,12-14,16H2,1-7H3,(H,32,33)/t20?,22-/m0/s1. The Hall–Kier alpha value is -2.94. The summed E-state index contributed by atoms with van der Waals surface area (Å²) in [4.78, 5) is 48.4. The summed E-state index contributed by atoms with van der Waals surface area (Å²) in [6, 6.07) is 3.69. The Morgan fingerprint density at radius 2 is 1.38 bits per heavy atom. The van der Waals surface area contributed by atoms with Crippen LogP contribution in [-0.2, 0) is 30.3 Å². The third kappa shape index (κ3) is 13.3. The lowest BCUT2D eigenvalue weighted by atomic mass is 10.0. The fraction of sp³-hybridized carbons (Fsp3) is 0.643. The molecule has 0 aliphatic carbocycles. The summed E-state index contributed by atoms with van der Waals surface area (Å²) in [6.07, 6.45) is 1.30. The van der Waals surface area contributed by atoms with Crippen LogP contribution in [-0.4, -0.2) is 47.7 Å². The van der Waals surface area contributed by atoms with Crippen LogP contribution in [0.5, 0.6) is 11.5 Å². The maximum absolute atomic E-state index is 12.4. The van der Waals surface area contributed by atoms with E-state index in [-0.39, 0.29) is 49.2 Å². The molecule has 208 valence electrons. The highest BCUT2D eigenvalue weighted by Gasteiger charge is 2.22. The lowest BCUT2D eigenvalue weighted by Gasteiger charge is -2.20. The summed E-state index contributed by atoms with van der Waals surface area (Å²) in [7, 11) is 0. The molecular weight excluding hydrogens is 478 g/mol. The number of carbonyl (C=O) groups is 4. The number of hydrogen-bond acceptors (Lipinski definition) is 8. The molecule has 37 heavy (non-hydrogen) atoms. The van der Waals surface area contributed by atoms with E-state index in [4.69, 9.17) is 14.2 Å². The molecule has 0 spiro atoms. The first-order chi connectivity index (χ1) is 17.3.